The second-order valence-electron chi connectivity index (χ2n) is 8.81. The van der Waals surface area contributed by atoms with Crippen LogP contribution in [0.2, 0.25) is 0 Å². The summed E-state index contributed by atoms with van der Waals surface area (Å²) in [5, 5.41) is 0. The molecule has 0 heterocycles. The van der Waals surface area contributed by atoms with Gasteiger partial charge in [0.1, 0.15) is 0 Å². The van der Waals surface area contributed by atoms with Gasteiger partial charge in [-0.2, -0.15) is 0 Å². The summed E-state index contributed by atoms with van der Waals surface area (Å²) in [6.45, 7) is 2.29. The molecule has 1 aromatic carbocycles. The number of hydrogen-bond donors (Lipinski definition) is 0. The van der Waals surface area contributed by atoms with Gasteiger partial charge in [0.25, 0.3) is 0 Å². The number of allylic oxidation sites excluding steroid dienone is 2. The molecule has 0 spiro atoms. The zero-order valence-electron chi connectivity index (χ0n) is 17.8. The fourth-order valence-electron chi connectivity index (χ4n) is 5.03. The van der Waals surface area contributed by atoms with Crippen LogP contribution in [-0.2, 0) is 0 Å². The van der Waals surface area contributed by atoms with E-state index in [1.165, 1.54) is 44.9 Å². The van der Waals surface area contributed by atoms with Crippen LogP contribution in [0.25, 0.3) is 0 Å². The molecule has 31 heavy (non-hydrogen) atoms. The Bertz CT molecular complexity index is 794. The molecule has 0 aromatic heterocycles. The largest absolute Gasteiger partial charge is 0.573 e. The molecule has 2 saturated carbocycles. The highest BCUT2D eigenvalue weighted by Crippen LogP contribution is 2.42. The topological polar surface area (TPSA) is 9.23 Å². The molecule has 1 nitrogen and oxygen atoms in total. The first-order valence-electron chi connectivity index (χ1n) is 11.2. The number of benzene rings is 1. The predicted molar refractivity (Wildman–Crippen MR) is 110 cm³/mol. The molecule has 0 amide bonds. The molecule has 0 bridgehead atoms. The summed E-state index contributed by atoms with van der Waals surface area (Å²) in [7, 11) is 0. The summed E-state index contributed by atoms with van der Waals surface area (Å²) in [4.78, 5) is 0. The van der Waals surface area contributed by atoms with Crippen LogP contribution in [0.4, 0.5) is 22.0 Å². The van der Waals surface area contributed by atoms with Crippen molar-refractivity contribution in [3.05, 3.63) is 41.5 Å². The van der Waals surface area contributed by atoms with E-state index >= 15 is 0 Å². The Labute approximate surface area is 181 Å². The van der Waals surface area contributed by atoms with Gasteiger partial charge in [0.05, 0.1) is 0 Å². The van der Waals surface area contributed by atoms with Crippen molar-refractivity contribution in [2.75, 3.05) is 0 Å². The molecule has 2 aliphatic carbocycles. The number of ether oxygens (including phenoxy) is 1. The van der Waals surface area contributed by atoms with Crippen molar-refractivity contribution < 1.29 is 26.7 Å². The molecule has 170 valence electrons. The highest BCUT2D eigenvalue weighted by molar-refractivity contribution is 5.42. The van der Waals surface area contributed by atoms with Crippen molar-refractivity contribution in [2.24, 2.45) is 23.7 Å². The predicted octanol–water partition coefficient (Wildman–Crippen LogP) is 7.79. The average molecular weight is 440 g/mol. The lowest BCUT2D eigenvalue weighted by atomic mass is 9.69. The first-order valence-corrected chi connectivity index (χ1v) is 11.2. The first-order chi connectivity index (χ1) is 14.7. The van der Waals surface area contributed by atoms with Gasteiger partial charge in [-0.1, -0.05) is 44.1 Å². The normalized spacial score (nSPS) is 27.0. The minimum Gasteiger partial charge on any atom is -0.399 e. The second-order valence-corrected chi connectivity index (χ2v) is 8.81. The van der Waals surface area contributed by atoms with Crippen molar-refractivity contribution in [3.63, 3.8) is 0 Å². The van der Waals surface area contributed by atoms with Gasteiger partial charge in [-0.3, -0.25) is 0 Å². The van der Waals surface area contributed by atoms with Crippen molar-refractivity contribution in [1.29, 1.82) is 0 Å². The van der Waals surface area contributed by atoms with E-state index in [1.807, 2.05) is 6.08 Å². The molecule has 2 fully saturated rings. The summed E-state index contributed by atoms with van der Waals surface area (Å²) in [5.74, 6) is 4.05. The van der Waals surface area contributed by atoms with Crippen molar-refractivity contribution in [3.8, 4) is 17.6 Å². The zero-order valence-corrected chi connectivity index (χ0v) is 17.8. The maximum absolute atomic E-state index is 13.7. The Balaban J connectivity index is 1.49. The number of hydrogen-bond acceptors (Lipinski definition) is 1. The Hall–Kier alpha value is -2.03. The highest BCUT2D eigenvalue weighted by atomic mass is 19.4. The summed E-state index contributed by atoms with van der Waals surface area (Å²) >= 11 is 0. The number of halogens is 5. The first kappa shape index (κ1) is 23.6. The van der Waals surface area contributed by atoms with E-state index in [-0.39, 0.29) is 5.56 Å². The molecule has 2 aliphatic rings. The smallest absolute Gasteiger partial charge is 0.399 e. The van der Waals surface area contributed by atoms with Gasteiger partial charge in [0, 0.05) is 5.56 Å². The van der Waals surface area contributed by atoms with Crippen LogP contribution < -0.4 is 4.74 Å². The van der Waals surface area contributed by atoms with E-state index in [1.54, 1.807) is 6.08 Å². The third kappa shape index (κ3) is 6.98. The van der Waals surface area contributed by atoms with E-state index in [9.17, 15) is 22.0 Å². The Morgan fingerprint density at radius 3 is 2.00 bits per heavy atom. The van der Waals surface area contributed by atoms with Gasteiger partial charge in [-0.15, -0.1) is 13.2 Å². The summed E-state index contributed by atoms with van der Waals surface area (Å²) in [6.07, 6.45) is 10.1. The molecular formula is C25H29F5O. The van der Waals surface area contributed by atoms with Crippen molar-refractivity contribution >= 4 is 0 Å². The van der Waals surface area contributed by atoms with E-state index < -0.39 is 23.7 Å². The Kier molecular flexibility index (Phi) is 8.02. The highest BCUT2D eigenvalue weighted by Gasteiger charge is 2.34. The van der Waals surface area contributed by atoms with Crippen LogP contribution in [0.1, 0.15) is 70.3 Å². The standard InChI is InChI=1S/C25H29F5O/c1-2-17-7-11-20(12-8-17)21-13-9-18(10-14-21)5-3-4-6-19-15-22(26)24(23(27)16-19)31-25(28,29)30/h3,5,15-18,20-21H,2,7-14H2,1H3/b5-3+/t17-,18?,20-,21?. The van der Waals surface area contributed by atoms with Gasteiger partial charge in [0.2, 0.25) is 5.75 Å². The molecular weight excluding hydrogens is 411 g/mol. The molecule has 0 saturated heterocycles. The lowest BCUT2D eigenvalue weighted by molar-refractivity contribution is -0.276. The maximum atomic E-state index is 13.7. The molecule has 6 heteroatoms. The fraction of sp³-hybridized carbons (Fsp3) is 0.600. The van der Waals surface area contributed by atoms with Gasteiger partial charge in [-0.05, 0) is 80.4 Å². The van der Waals surface area contributed by atoms with Crippen molar-refractivity contribution in [2.45, 2.75) is 71.1 Å². The van der Waals surface area contributed by atoms with Crippen LogP contribution in [0.5, 0.6) is 5.75 Å². The second kappa shape index (κ2) is 10.5. The fourth-order valence-corrected chi connectivity index (χ4v) is 5.03. The quantitative estimate of drug-likeness (QED) is 0.343. The monoisotopic (exact) mass is 440 g/mol. The van der Waals surface area contributed by atoms with E-state index in [0.29, 0.717) is 5.92 Å². The molecule has 0 unspecified atom stereocenters. The number of alkyl halides is 3. The van der Waals surface area contributed by atoms with Crippen LogP contribution in [0.3, 0.4) is 0 Å². The van der Waals surface area contributed by atoms with Gasteiger partial charge in [0.15, 0.2) is 11.6 Å². The van der Waals surface area contributed by atoms with Crippen LogP contribution in [0, 0.1) is 47.1 Å². The molecule has 1 aromatic rings. The minimum absolute atomic E-state index is 0.0411. The van der Waals surface area contributed by atoms with Crippen molar-refractivity contribution in [1.82, 2.24) is 0 Å². The third-order valence-electron chi connectivity index (χ3n) is 6.84. The summed E-state index contributed by atoms with van der Waals surface area (Å²) < 4.78 is 67.4. The molecule has 3 rings (SSSR count). The average Bonchev–Trinajstić information content (AvgIpc) is 2.74. The van der Waals surface area contributed by atoms with Gasteiger partial charge in [-0.25, -0.2) is 8.78 Å². The zero-order chi connectivity index (χ0) is 22.4. The molecule has 0 radical (unpaired) electrons. The molecule has 0 N–H and O–H groups in total. The summed E-state index contributed by atoms with van der Waals surface area (Å²) in [5.41, 5.74) is -0.0411. The van der Waals surface area contributed by atoms with Gasteiger partial charge < -0.3 is 4.74 Å². The lowest BCUT2D eigenvalue weighted by Crippen LogP contribution is -2.25. The van der Waals surface area contributed by atoms with Crippen LogP contribution >= 0.6 is 0 Å². The molecule has 0 aliphatic heterocycles. The van der Waals surface area contributed by atoms with E-state index in [2.05, 4.69) is 23.5 Å². The minimum atomic E-state index is -5.16. The van der Waals surface area contributed by atoms with E-state index in [0.717, 1.165) is 42.7 Å². The third-order valence-corrected chi connectivity index (χ3v) is 6.84. The Morgan fingerprint density at radius 2 is 1.48 bits per heavy atom. The van der Waals surface area contributed by atoms with Gasteiger partial charge >= 0.3 is 6.36 Å². The van der Waals surface area contributed by atoms with Crippen LogP contribution in [0.15, 0.2) is 24.3 Å². The number of rotatable bonds is 4. The Morgan fingerprint density at radius 1 is 0.935 bits per heavy atom. The lowest BCUT2D eigenvalue weighted by Gasteiger charge is -2.37. The summed E-state index contributed by atoms with van der Waals surface area (Å²) in [6, 6.07) is 1.48. The van der Waals surface area contributed by atoms with Crippen LogP contribution in [-0.4, -0.2) is 6.36 Å². The van der Waals surface area contributed by atoms with E-state index in [4.69, 9.17) is 0 Å². The molecule has 0 atom stereocenters. The SMILES string of the molecule is CC[C@H]1CC[C@H](C2CCC(/C=C/C#Cc3cc(F)c(OC(F)(F)F)c(F)c3)CC2)CC1. The maximum Gasteiger partial charge on any atom is 0.573 e.